The van der Waals surface area contributed by atoms with Crippen LogP contribution in [0.2, 0.25) is 0 Å². The highest BCUT2D eigenvalue weighted by molar-refractivity contribution is 5.79. The molecule has 1 amide bonds. The Morgan fingerprint density at radius 3 is 2.48 bits per heavy atom. The molecule has 2 aromatic carbocycles. The van der Waals surface area contributed by atoms with Crippen molar-refractivity contribution in [3.05, 3.63) is 65.5 Å². The molecular formula is C19H20FNO2. The SMILES string of the molecule is O=C(Cc1cccc(F)c1)N(Cc1ccc(O)cc1)C1CCC1. The van der Waals surface area contributed by atoms with E-state index < -0.39 is 0 Å². The molecule has 23 heavy (non-hydrogen) atoms. The first-order valence-corrected chi connectivity index (χ1v) is 7.93. The molecule has 120 valence electrons. The van der Waals surface area contributed by atoms with Crippen molar-refractivity contribution < 1.29 is 14.3 Å². The van der Waals surface area contributed by atoms with Gasteiger partial charge < -0.3 is 10.0 Å². The van der Waals surface area contributed by atoms with Crippen LogP contribution in [0.5, 0.6) is 5.75 Å². The lowest BCUT2D eigenvalue weighted by Gasteiger charge is -2.38. The predicted octanol–water partition coefficient (Wildman–Crippen LogP) is 3.66. The molecular weight excluding hydrogens is 293 g/mol. The molecule has 1 aliphatic carbocycles. The number of amides is 1. The zero-order chi connectivity index (χ0) is 16.2. The third kappa shape index (κ3) is 3.89. The molecule has 0 spiro atoms. The average molecular weight is 313 g/mol. The Hall–Kier alpha value is -2.36. The van der Waals surface area contributed by atoms with E-state index in [4.69, 9.17) is 0 Å². The third-order valence-electron chi connectivity index (χ3n) is 4.37. The highest BCUT2D eigenvalue weighted by Gasteiger charge is 2.28. The molecule has 3 rings (SSSR count). The van der Waals surface area contributed by atoms with E-state index in [9.17, 15) is 14.3 Å². The average Bonchev–Trinajstić information content (AvgIpc) is 2.47. The third-order valence-corrected chi connectivity index (χ3v) is 4.37. The fraction of sp³-hybridized carbons (Fsp3) is 0.316. The number of carbonyl (C=O) groups is 1. The molecule has 1 N–H and O–H groups in total. The van der Waals surface area contributed by atoms with Gasteiger partial charge in [-0.05, 0) is 54.7 Å². The van der Waals surface area contributed by atoms with E-state index >= 15 is 0 Å². The first-order chi connectivity index (χ1) is 11.1. The molecule has 0 unspecified atom stereocenters. The van der Waals surface area contributed by atoms with Crippen molar-refractivity contribution in [2.45, 2.75) is 38.3 Å². The van der Waals surface area contributed by atoms with Gasteiger partial charge in [-0.2, -0.15) is 0 Å². The van der Waals surface area contributed by atoms with Gasteiger partial charge in [-0.25, -0.2) is 4.39 Å². The van der Waals surface area contributed by atoms with Crippen LogP contribution in [0.15, 0.2) is 48.5 Å². The van der Waals surface area contributed by atoms with Crippen LogP contribution < -0.4 is 0 Å². The lowest BCUT2D eigenvalue weighted by atomic mass is 9.90. The molecule has 4 heteroatoms. The molecule has 0 heterocycles. The van der Waals surface area contributed by atoms with Crippen LogP contribution in [0.4, 0.5) is 4.39 Å². The van der Waals surface area contributed by atoms with Crippen molar-refractivity contribution in [1.82, 2.24) is 4.90 Å². The highest BCUT2D eigenvalue weighted by Crippen LogP contribution is 2.27. The van der Waals surface area contributed by atoms with Gasteiger partial charge >= 0.3 is 0 Å². The number of phenols is 1. The Morgan fingerprint density at radius 1 is 1.13 bits per heavy atom. The largest absolute Gasteiger partial charge is 0.508 e. The second-order valence-electron chi connectivity index (χ2n) is 6.08. The van der Waals surface area contributed by atoms with E-state index in [1.165, 1.54) is 12.1 Å². The maximum atomic E-state index is 13.3. The summed E-state index contributed by atoms with van der Waals surface area (Å²) in [5.41, 5.74) is 1.69. The smallest absolute Gasteiger partial charge is 0.227 e. The van der Waals surface area contributed by atoms with Gasteiger partial charge in [-0.1, -0.05) is 24.3 Å². The highest BCUT2D eigenvalue weighted by atomic mass is 19.1. The Balaban J connectivity index is 1.73. The number of phenolic OH excluding ortho intramolecular Hbond substituents is 1. The molecule has 3 nitrogen and oxygen atoms in total. The summed E-state index contributed by atoms with van der Waals surface area (Å²) in [5.74, 6) is -0.0764. The summed E-state index contributed by atoms with van der Waals surface area (Å²) >= 11 is 0. The fourth-order valence-corrected chi connectivity index (χ4v) is 2.84. The van der Waals surface area contributed by atoms with Crippen LogP contribution in [0.25, 0.3) is 0 Å². The van der Waals surface area contributed by atoms with E-state index in [1.807, 2.05) is 17.0 Å². The normalized spacial score (nSPS) is 14.3. The molecule has 0 saturated heterocycles. The minimum atomic E-state index is -0.316. The molecule has 1 saturated carbocycles. The quantitative estimate of drug-likeness (QED) is 0.915. The van der Waals surface area contributed by atoms with Gasteiger partial charge in [0.1, 0.15) is 11.6 Å². The Bertz CT molecular complexity index is 680. The molecule has 0 atom stereocenters. The monoisotopic (exact) mass is 313 g/mol. The van der Waals surface area contributed by atoms with Crippen molar-refractivity contribution in [2.75, 3.05) is 0 Å². The van der Waals surface area contributed by atoms with E-state index in [0.29, 0.717) is 12.1 Å². The van der Waals surface area contributed by atoms with E-state index in [0.717, 1.165) is 24.8 Å². The number of rotatable bonds is 5. The minimum Gasteiger partial charge on any atom is -0.508 e. The van der Waals surface area contributed by atoms with Crippen LogP contribution in [0.3, 0.4) is 0 Å². The van der Waals surface area contributed by atoms with Gasteiger partial charge in [0.25, 0.3) is 0 Å². The van der Waals surface area contributed by atoms with Crippen molar-refractivity contribution in [3.63, 3.8) is 0 Å². The number of halogens is 1. The van der Waals surface area contributed by atoms with Crippen molar-refractivity contribution in [3.8, 4) is 5.75 Å². The zero-order valence-corrected chi connectivity index (χ0v) is 12.9. The van der Waals surface area contributed by atoms with Crippen LogP contribution in [0, 0.1) is 5.82 Å². The summed E-state index contributed by atoms with van der Waals surface area (Å²) in [4.78, 5) is 14.6. The van der Waals surface area contributed by atoms with Gasteiger partial charge in [0.2, 0.25) is 5.91 Å². The summed E-state index contributed by atoms with van der Waals surface area (Å²) in [7, 11) is 0. The van der Waals surface area contributed by atoms with Gasteiger partial charge in [0, 0.05) is 12.6 Å². The molecule has 1 fully saturated rings. The number of aromatic hydroxyl groups is 1. The Kier molecular flexibility index (Phi) is 4.60. The van der Waals surface area contributed by atoms with Crippen LogP contribution in [-0.4, -0.2) is 22.0 Å². The summed E-state index contributed by atoms with van der Waals surface area (Å²) in [6.45, 7) is 0.527. The lowest BCUT2D eigenvalue weighted by molar-refractivity contribution is -0.135. The standard InChI is InChI=1S/C19H20FNO2/c20-16-4-1-3-15(11-16)12-19(23)21(17-5-2-6-17)13-14-7-9-18(22)10-8-14/h1,3-4,7-11,17,22H,2,5-6,12-13H2. The summed E-state index contributed by atoms with van der Waals surface area (Å²) in [6, 6.07) is 13.4. The topological polar surface area (TPSA) is 40.5 Å². The van der Waals surface area contributed by atoms with E-state index in [1.54, 1.807) is 24.3 Å². The lowest BCUT2D eigenvalue weighted by Crippen LogP contribution is -2.44. The number of nitrogens with zero attached hydrogens (tertiary/aromatic N) is 1. The van der Waals surface area contributed by atoms with Crippen molar-refractivity contribution in [2.24, 2.45) is 0 Å². The molecule has 0 aliphatic heterocycles. The second-order valence-corrected chi connectivity index (χ2v) is 6.08. The van der Waals surface area contributed by atoms with Crippen LogP contribution in [0.1, 0.15) is 30.4 Å². The van der Waals surface area contributed by atoms with Crippen LogP contribution in [-0.2, 0) is 17.8 Å². The first kappa shape index (κ1) is 15.5. The maximum absolute atomic E-state index is 13.3. The van der Waals surface area contributed by atoms with Gasteiger partial charge in [-0.3, -0.25) is 4.79 Å². The molecule has 0 radical (unpaired) electrons. The first-order valence-electron chi connectivity index (χ1n) is 7.93. The predicted molar refractivity (Wildman–Crippen MR) is 86.4 cm³/mol. The number of hydrogen-bond acceptors (Lipinski definition) is 2. The molecule has 2 aromatic rings. The van der Waals surface area contributed by atoms with Crippen molar-refractivity contribution >= 4 is 5.91 Å². The number of hydrogen-bond donors (Lipinski definition) is 1. The van der Waals surface area contributed by atoms with Gasteiger partial charge in [0.15, 0.2) is 0 Å². The van der Waals surface area contributed by atoms with Crippen molar-refractivity contribution in [1.29, 1.82) is 0 Å². The molecule has 0 bridgehead atoms. The molecule has 1 aliphatic rings. The summed E-state index contributed by atoms with van der Waals surface area (Å²) in [6.07, 6.45) is 3.40. The summed E-state index contributed by atoms with van der Waals surface area (Å²) < 4.78 is 13.3. The van der Waals surface area contributed by atoms with Gasteiger partial charge in [0.05, 0.1) is 6.42 Å². The summed E-state index contributed by atoms with van der Waals surface area (Å²) in [5, 5.41) is 9.37. The van der Waals surface area contributed by atoms with Gasteiger partial charge in [-0.15, -0.1) is 0 Å². The minimum absolute atomic E-state index is 0.0216. The Morgan fingerprint density at radius 2 is 1.87 bits per heavy atom. The maximum Gasteiger partial charge on any atom is 0.227 e. The zero-order valence-electron chi connectivity index (χ0n) is 12.9. The number of benzene rings is 2. The van der Waals surface area contributed by atoms with E-state index in [-0.39, 0.29) is 29.9 Å². The number of carbonyl (C=O) groups excluding carboxylic acids is 1. The van der Waals surface area contributed by atoms with Crippen LogP contribution >= 0.6 is 0 Å². The van der Waals surface area contributed by atoms with E-state index in [2.05, 4.69) is 0 Å². The Labute approximate surface area is 135 Å². The fourth-order valence-electron chi connectivity index (χ4n) is 2.84. The molecule has 0 aromatic heterocycles. The second kappa shape index (κ2) is 6.82.